The second-order valence-electron chi connectivity index (χ2n) is 18.4. The number of rotatable bonds is 48. The number of aliphatic hydroxyl groups excluding tert-OH is 2. The quantitative estimate of drug-likeness (QED) is 0.0321. The summed E-state index contributed by atoms with van der Waals surface area (Å²) in [6, 6.07) is -0.718. The van der Waals surface area contributed by atoms with E-state index in [1.807, 2.05) is 0 Å². The highest BCUT2D eigenvalue weighted by Gasteiger charge is 2.24. The van der Waals surface area contributed by atoms with Crippen LogP contribution in [0.2, 0.25) is 0 Å². The molecule has 65 heavy (non-hydrogen) atoms. The smallest absolute Gasteiger partial charge is 0.306 e. The van der Waals surface area contributed by atoms with Gasteiger partial charge in [-0.25, -0.2) is 0 Å². The van der Waals surface area contributed by atoms with E-state index in [-0.39, 0.29) is 24.9 Å². The van der Waals surface area contributed by atoms with Gasteiger partial charge in [-0.3, -0.25) is 9.59 Å². The summed E-state index contributed by atoms with van der Waals surface area (Å²) >= 11 is 0. The van der Waals surface area contributed by atoms with E-state index in [2.05, 4.69) is 111 Å². The third-order valence-electron chi connectivity index (χ3n) is 12.1. The van der Waals surface area contributed by atoms with Crippen molar-refractivity contribution in [1.82, 2.24) is 5.32 Å². The molecule has 3 atom stereocenters. The first-order valence-electron chi connectivity index (χ1n) is 27.4. The number of hydrogen-bond donors (Lipinski definition) is 3. The molecule has 0 spiro atoms. The molecule has 0 saturated carbocycles. The van der Waals surface area contributed by atoms with Crippen LogP contribution in [-0.4, -0.2) is 46.9 Å². The highest BCUT2D eigenvalue weighted by molar-refractivity contribution is 5.77. The van der Waals surface area contributed by atoms with Gasteiger partial charge in [0.25, 0.3) is 0 Å². The average molecular weight is 906 g/mol. The molecule has 374 valence electrons. The van der Waals surface area contributed by atoms with E-state index >= 15 is 0 Å². The highest BCUT2D eigenvalue weighted by Crippen LogP contribution is 2.18. The van der Waals surface area contributed by atoms with Crippen molar-refractivity contribution in [2.24, 2.45) is 0 Å². The van der Waals surface area contributed by atoms with Gasteiger partial charge in [-0.05, 0) is 70.6 Å². The van der Waals surface area contributed by atoms with Crippen LogP contribution >= 0.6 is 0 Å². The first kappa shape index (κ1) is 62.0. The van der Waals surface area contributed by atoms with Gasteiger partial charge in [0.05, 0.1) is 25.2 Å². The standard InChI is InChI=1S/C59H103NO5/c1-4-7-10-13-16-19-22-25-27-28-29-31-34-37-40-43-46-49-52-59(64)65-55(50-47-44-41-38-35-32-24-21-18-15-12-9-6-3)53-58(63)60-56(54-61)57(62)51-48-45-42-39-36-33-30-26-23-20-17-14-11-8-5-2/h9,12,15-16,18-19,21-22,24-25,27-29,31,55-57,61-62H,4-8,10-11,13-14,17,20,23,26,30,32-54H2,1-3H3,(H,60,63)/b12-9+,18-15+,19-16+,24-21+,25-22+,28-27+,31-29+. The topological polar surface area (TPSA) is 95.9 Å². The monoisotopic (exact) mass is 906 g/mol. The molecule has 6 heteroatoms. The fourth-order valence-corrected chi connectivity index (χ4v) is 7.97. The molecule has 0 radical (unpaired) electrons. The number of amides is 1. The van der Waals surface area contributed by atoms with E-state index in [9.17, 15) is 19.8 Å². The molecular weight excluding hydrogens is 803 g/mol. The maximum Gasteiger partial charge on any atom is 0.306 e. The second kappa shape index (κ2) is 52.0. The van der Waals surface area contributed by atoms with Gasteiger partial charge >= 0.3 is 5.97 Å². The molecule has 0 aromatic carbocycles. The van der Waals surface area contributed by atoms with Crippen LogP contribution in [0.4, 0.5) is 0 Å². The van der Waals surface area contributed by atoms with Gasteiger partial charge in [0.2, 0.25) is 5.91 Å². The van der Waals surface area contributed by atoms with Crippen molar-refractivity contribution in [3.63, 3.8) is 0 Å². The van der Waals surface area contributed by atoms with Crippen LogP contribution in [0.3, 0.4) is 0 Å². The van der Waals surface area contributed by atoms with Gasteiger partial charge in [0, 0.05) is 6.42 Å². The molecule has 0 heterocycles. The molecule has 0 rings (SSSR count). The summed E-state index contributed by atoms with van der Waals surface area (Å²) in [5.74, 6) is -0.522. The zero-order chi connectivity index (χ0) is 47.4. The lowest BCUT2D eigenvalue weighted by molar-refractivity contribution is -0.151. The van der Waals surface area contributed by atoms with E-state index in [1.54, 1.807) is 0 Å². The molecule has 3 N–H and O–H groups in total. The van der Waals surface area contributed by atoms with Crippen LogP contribution in [0.1, 0.15) is 252 Å². The van der Waals surface area contributed by atoms with Crippen LogP contribution in [0, 0.1) is 0 Å². The van der Waals surface area contributed by atoms with Gasteiger partial charge in [0.15, 0.2) is 0 Å². The minimum atomic E-state index is -0.802. The number of carbonyl (C=O) groups excluding carboxylic acids is 2. The van der Waals surface area contributed by atoms with Gasteiger partial charge < -0.3 is 20.3 Å². The van der Waals surface area contributed by atoms with E-state index in [0.717, 1.165) is 109 Å². The summed E-state index contributed by atoms with van der Waals surface area (Å²) in [5.41, 5.74) is 0. The summed E-state index contributed by atoms with van der Waals surface area (Å²) in [4.78, 5) is 26.2. The first-order valence-corrected chi connectivity index (χ1v) is 27.4. The Hall–Kier alpha value is -2.96. The Morgan fingerprint density at radius 2 is 0.831 bits per heavy atom. The summed E-state index contributed by atoms with van der Waals surface area (Å²) in [5, 5.41) is 23.8. The number of allylic oxidation sites excluding steroid dienone is 14. The van der Waals surface area contributed by atoms with Crippen molar-refractivity contribution in [3.8, 4) is 0 Å². The van der Waals surface area contributed by atoms with Crippen molar-refractivity contribution < 1.29 is 24.5 Å². The maximum atomic E-state index is 13.2. The van der Waals surface area contributed by atoms with Crippen LogP contribution in [0.5, 0.6) is 0 Å². The fourth-order valence-electron chi connectivity index (χ4n) is 7.97. The summed E-state index contributed by atoms with van der Waals surface area (Å²) in [6.07, 6.45) is 67.8. The molecule has 0 aromatic heterocycles. The molecule has 0 aliphatic heterocycles. The second-order valence-corrected chi connectivity index (χ2v) is 18.4. The summed E-state index contributed by atoms with van der Waals surface area (Å²) in [7, 11) is 0. The molecule has 1 amide bonds. The number of aliphatic hydroxyl groups is 2. The molecule has 0 aromatic rings. The fraction of sp³-hybridized carbons (Fsp3) is 0.729. The molecular formula is C59H103NO5. The van der Waals surface area contributed by atoms with Gasteiger partial charge in [-0.1, -0.05) is 254 Å². The minimum absolute atomic E-state index is 0.0504. The van der Waals surface area contributed by atoms with Gasteiger partial charge in [0.1, 0.15) is 6.10 Å². The molecule has 0 fully saturated rings. The summed E-state index contributed by atoms with van der Waals surface area (Å²) < 4.78 is 5.93. The number of esters is 1. The Bertz CT molecular complexity index is 1250. The number of hydrogen-bond acceptors (Lipinski definition) is 5. The number of nitrogens with one attached hydrogen (secondary N) is 1. The lowest BCUT2D eigenvalue weighted by atomic mass is 10.0. The number of unbranched alkanes of at least 4 members (excludes halogenated alkanes) is 27. The summed E-state index contributed by atoms with van der Waals surface area (Å²) in [6.45, 7) is 6.31. The largest absolute Gasteiger partial charge is 0.462 e. The van der Waals surface area contributed by atoms with Crippen molar-refractivity contribution in [3.05, 3.63) is 85.1 Å². The molecule has 0 saturated heterocycles. The number of ether oxygens (including phenoxy) is 1. The zero-order valence-electron chi connectivity index (χ0n) is 42.6. The third-order valence-corrected chi connectivity index (χ3v) is 12.1. The van der Waals surface area contributed by atoms with E-state index in [4.69, 9.17) is 4.74 Å². The maximum absolute atomic E-state index is 13.2. The first-order chi connectivity index (χ1) is 32.0. The SMILES string of the molecule is CC/C=C/C=C/C=C/CCCCCCCC(CC(=O)NC(CO)C(O)CCCCCCCCCCCCCCCCC)OC(=O)CCCCCCC/C=C/C=C/C=C/C=C/CCCCC. The van der Waals surface area contributed by atoms with Crippen molar-refractivity contribution in [2.75, 3.05) is 6.61 Å². The number of carbonyl (C=O) groups is 2. The molecule has 0 aliphatic rings. The molecule has 0 bridgehead atoms. The predicted octanol–water partition coefficient (Wildman–Crippen LogP) is 16.7. The Morgan fingerprint density at radius 1 is 0.462 bits per heavy atom. The van der Waals surface area contributed by atoms with E-state index in [1.165, 1.54) is 96.3 Å². The Labute approximate surface area is 402 Å². The lowest BCUT2D eigenvalue weighted by Gasteiger charge is -2.24. The van der Waals surface area contributed by atoms with Crippen LogP contribution in [-0.2, 0) is 14.3 Å². The van der Waals surface area contributed by atoms with Crippen LogP contribution in [0.15, 0.2) is 85.1 Å². The predicted molar refractivity (Wildman–Crippen MR) is 282 cm³/mol. The van der Waals surface area contributed by atoms with Crippen molar-refractivity contribution in [2.45, 2.75) is 270 Å². The Kier molecular flexibility index (Phi) is 49.6. The Morgan fingerprint density at radius 3 is 1.29 bits per heavy atom. The Balaban J connectivity index is 4.62. The zero-order valence-corrected chi connectivity index (χ0v) is 42.6. The minimum Gasteiger partial charge on any atom is -0.462 e. The molecule has 0 aliphatic carbocycles. The average Bonchev–Trinajstić information content (AvgIpc) is 3.30. The highest BCUT2D eigenvalue weighted by atomic mass is 16.5. The van der Waals surface area contributed by atoms with Gasteiger partial charge in [-0.2, -0.15) is 0 Å². The van der Waals surface area contributed by atoms with Gasteiger partial charge in [-0.15, -0.1) is 0 Å². The van der Waals surface area contributed by atoms with Crippen molar-refractivity contribution >= 4 is 11.9 Å². The third kappa shape index (κ3) is 47.3. The van der Waals surface area contributed by atoms with Crippen molar-refractivity contribution in [1.29, 1.82) is 0 Å². The molecule has 3 unspecified atom stereocenters. The lowest BCUT2D eigenvalue weighted by Crippen LogP contribution is -2.46. The van der Waals surface area contributed by atoms with E-state index in [0.29, 0.717) is 19.3 Å². The van der Waals surface area contributed by atoms with Crippen LogP contribution in [0.25, 0.3) is 0 Å². The van der Waals surface area contributed by atoms with E-state index < -0.39 is 18.2 Å². The molecule has 6 nitrogen and oxygen atoms in total. The normalized spacial score (nSPS) is 13.9. The van der Waals surface area contributed by atoms with Crippen LogP contribution < -0.4 is 5.32 Å².